The molecule has 0 bridgehead atoms. The Morgan fingerprint density at radius 2 is 2.04 bits per heavy atom. The molecule has 0 aliphatic heterocycles. The van der Waals surface area contributed by atoms with Crippen molar-refractivity contribution in [2.45, 2.75) is 33.6 Å². The minimum Gasteiger partial charge on any atom is -0.490 e. The van der Waals surface area contributed by atoms with E-state index in [9.17, 15) is 4.79 Å². The number of carbonyl (C=O) groups excluding carboxylic acids is 1. The van der Waals surface area contributed by atoms with Crippen molar-refractivity contribution in [3.63, 3.8) is 0 Å². The van der Waals surface area contributed by atoms with Gasteiger partial charge in [-0.05, 0) is 43.5 Å². The molecule has 1 N–H and O–H groups in total. The van der Waals surface area contributed by atoms with Crippen LogP contribution in [0.3, 0.4) is 0 Å². The minimum atomic E-state index is -0.247. The van der Waals surface area contributed by atoms with Gasteiger partial charge in [-0.2, -0.15) is 0 Å². The number of nitrogens with zero attached hydrogens (tertiary/aromatic N) is 2. The summed E-state index contributed by atoms with van der Waals surface area (Å²) >= 11 is 1.38. The topological polar surface area (TPSA) is 73.3 Å². The second kappa shape index (κ2) is 9.78. The maximum atomic E-state index is 12.0. The fraction of sp³-hybridized carbons (Fsp3) is 0.389. The fourth-order valence-corrected chi connectivity index (χ4v) is 2.68. The third kappa shape index (κ3) is 5.86. The van der Waals surface area contributed by atoms with Gasteiger partial charge in [0.1, 0.15) is 5.01 Å². The molecule has 0 aliphatic carbocycles. The van der Waals surface area contributed by atoms with E-state index in [1.807, 2.05) is 32.0 Å². The highest BCUT2D eigenvalue weighted by atomic mass is 32.1. The van der Waals surface area contributed by atoms with Crippen LogP contribution in [0.25, 0.3) is 6.08 Å². The number of aromatic nitrogens is 2. The van der Waals surface area contributed by atoms with Crippen LogP contribution in [0.2, 0.25) is 0 Å². The summed E-state index contributed by atoms with van der Waals surface area (Å²) in [6, 6.07) is 5.60. The van der Waals surface area contributed by atoms with Crippen LogP contribution >= 0.6 is 11.3 Å². The van der Waals surface area contributed by atoms with Crippen molar-refractivity contribution in [2.24, 2.45) is 0 Å². The molecule has 1 aromatic heterocycles. The van der Waals surface area contributed by atoms with Crippen LogP contribution in [0, 0.1) is 0 Å². The predicted octanol–water partition coefficient (Wildman–Crippen LogP) is 3.94. The molecule has 134 valence electrons. The van der Waals surface area contributed by atoms with Crippen molar-refractivity contribution in [2.75, 3.05) is 18.5 Å². The highest BCUT2D eigenvalue weighted by Gasteiger charge is 2.07. The number of hydrogen-bond donors (Lipinski definition) is 1. The summed E-state index contributed by atoms with van der Waals surface area (Å²) in [5, 5.41) is 12.0. The van der Waals surface area contributed by atoms with Gasteiger partial charge in [0.25, 0.3) is 0 Å². The first kappa shape index (κ1) is 18.9. The number of rotatable bonds is 9. The van der Waals surface area contributed by atoms with E-state index in [0.29, 0.717) is 29.8 Å². The Balaban J connectivity index is 2.03. The van der Waals surface area contributed by atoms with E-state index in [0.717, 1.165) is 23.4 Å². The molecule has 0 fully saturated rings. The largest absolute Gasteiger partial charge is 0.490 e. The average molecular weight is 361 g/mol. The van der Waals surface area contributed by atoms with E-state index in [1.165, 1.54) is 17.4 Å². The maximum absolute atomic E-state index is 12.0. The van der Waals surface area contributed by atoms with E-state index < -0.39 is 0 Å². The van der Waals surface area contributed by atoms with Crippen LogP contribution in [0.1, 0.15) is 37.8 Å². The summed E-state index contributed by atoms with van der Waals surface area (Å²) in [6.45, 7) is 7.16. The zero-order chi connectivity index (χ0) is 18.1. The van der Waals surface area contributed by atoms with Crippen LogP contribution in [0.15, 0.2) is 24.3 Å². The number of hydrogen-bond acceptors (Lipinski definition) is 6. The number of benzene rings is 1. The zero-order valence-corrected chi connectivity index (χ0v) is 15.6. The van der Waals surface area contributed by atoms with Crippen molar-refractivity contribution >= 4 is 28.5 Å². The lowest BCUT2D eigenvalue weighted by molar-refractivity contribution is -0.111. The standard InChI is InChI=1S/C18H23N3O3S/c1-4-11-24-14-9-7-13(12-15(14)23-6-3)8-10-16(22)19-18-21-20-17(5-2)25-18/h7-10,12H,4-6,11H2,1-3H3,(H,19,21,22). The lowest BCUT2D eigenvalue weighted by Gasteiger charge is -2.12. The minimum absolute atomic E-state index is 0.247. The van der Waals surface area contributed by atoms with Gasteiger partial charge in [0.05, 0.1) is 13.2 Å². The summed E-state index contributed by atoms with van der Waals surface area (Å²) in [5.74, 6) is 1.14. The van der Waals surface area contributed by atoms with Crippen molar-refractivity contribution in [3.8, 4) is 11.5 Å². The van der Waals surface area contributed by atoms with Gasteiger partial charge in [-0.3, -0.25) is 10.1 Å². The first-order chi connectivity index (χ1) is 12.2. The highest BCUT2D eigenvalue weighted by Crippen LogP contribution is 2.29. The van der Waals surface area contributed by atoms with Crippen molar-refractivity contribution in [3.05, 3.63) is 34.8 Å². The Bertz CT molecular complexity index is 728. The lowest BCUT2D eigenvalue weighted by atomic mass is 10.2. The number of anilines is 1. The molecule has 0 unspecified atom stereocenters. The third-order valence-corrected chi connectivity index (χ3v) is 4.14. The summed E-state index contributed by atoms with van der Waals surface area (Å²) in [5.41, 5.74) is 0.856. The Morgan fingerprint density at radius 1 is 1.20 bits per heavy atom. The van der Waals surface area contributed by atoms with Gasteiger partial charge in [-0.25, -0.2) is 0 Å². The SMILES string of the molecule is CCCOc1ccc(C=CC(=O)Nc2nnc(CC)s2)cc1OCC. The van der Waals surface area contributed by atoms with E-state index in [4.69, 9.17) is 9.47 Å². The molecule has 25 heavy (non-hydrogen) atoms. The second-order valence-electron chi connectivity index (χ2n) is 5.16. The van der Waals surface area contributed by atoms with Crippen molar-refractivity contribution < 1.29 is 14.3 Å². The van der Waals surface area contributed by atoms with Gasteiger partial charge in [0.15, 0.2) is 11.5 Å². The normalized spacial score (nSPS) is 10.8. The van der Waals surface area contributed by atoms with Gasteiger partial charge in [0.2, 0.25) is 11.0 Å². The van der Waals surface area contributed by atoms with Gasteiger partial charge < -0.3 is 9.47 Å². The van der Waals surface area contributed by atoms with Crippen LogP contribution in [-0.4, -0.2) is 29.3 Å². The van der Waals surface area contributed by atoms with Crippen molar-refractivity contribution in [1.82, 2.24) is 10.2 Å². The second-order valence-corrected chi connectivity index (χ2v) is 6.23. The Morgan fingerprint density at radius 3 is 2.72 bits per heavy atom. The summed E-state index contributed by atoms with van der Waals surface area (Å²) in [6.07, 6.45) is 4.92. The molecular weight excluding hydrogens is 338 g/mol. The molecule has 1 heterocycles. The molecule has 1 aromatic carbocycles. The average Bonchev–Trinajstić information content (AvgIpc) is 3.07. The summed E-state index contributed by atoms with van der Waals surface area (Å²) in [7, 11) is 0. The molecule has 0 saturated carbocycles. The first-order valence-electron chi connectivity index (χ1n) is 8.37. The first-order valence-corrected chi connectivity index (χ1v) is 9.19. The molecule has 2 aromatic rings. The lowest BCUT2D eigenvalue weighted by Crippen LogP contribution is -2.07. The van der Waals surface area contributed by atoms with Crippen molar-refractivity contribution in [1.29, 1.82) is 0 Å². The highest BCUT2D eigenvalue weighted by molar-refractivity contribution is 7.15. The maximum Gasteiger partial charge on any atom is 0.250 e. The Hall–Kier alpha value is -2.41. The van der Waals surface area contributed by atoms with E-state index >= 15 is 0 Å². The molecule has 0 atom stereocenters. The quantitative estimate of drug-likeness (QED) is 0.685. The fourth-order valence-electron chi connectivity index (χ4n) is 1.99. The van der Waals surface area contributed by atoms with Gasteiger partial charge in [0, 0.05) is 6.08 Å². The molecule has 1 amide bonds. The summed E-state index contributed by atoms with van der Waals surface area (Å²) in [4.78, 5) is 12.0. The van der Waals surface area contributed by atoms with Crippen LogP contribution < -0.4 is 14.8 Å². The van der Waals surface area contributed by atoms with Crippen LogP contribution in [-0.2, 0) is 11.2 Å². The number of carbonyl (C=O) groups is 1. The number of aryl methyl sites for hydroxylation is 1. The molecule has 0 radical (unpaired) electrons. The number of amides is 1. The van der Waals surface area contributed by atoms with E-state index in [-0.39, 0.29) is 5.91 Å². The molecule has 6 nitrogen and oxygen atoms in total. The van der Waals surface area contributed by atoms with Crippen LogP contribution in [0.5, 0.6) is 11.5 Å². The molecule has 2 rings (SSSR count). The Kier molecular flexibility index (Phi) is 7.40. The third-order valence-electron chi connectivity index (χ3n) is 3.16. The summed E-state index contributed by atoms with van der Waals surface area (Å²) < 4.78 is 11.3. The van der Waals surface area contributed by atoms with Gasteiger partial charge in [-0.15, -0.1) is 10.2 Å². The van der Waals surface area contributed by atoms with E-state index in [2.05, 4.69) is 22.4 Å². The number of ether oxygens (including phenoxy) is 2. The monoisotopic (exact) mass is 361 g/mol. The molecule has 0 saturated heterocycles. The van der Waals surface area contributed by atoms with E-state index in [1.54, 1.807) is 6.08 Å². The zero-order valence-electron chi connectivity index (χ0n) is 14.7. The molecule has 7 heteroatoms. The van der Waals surface area contributed by atoms with Crippen LogP contribution in [0.4, 0.5) is 5.13 Å². The Labute approximate surface area is 151 Å². The van der Waals surface area contributed by atoms with Gasteiger partial charge in [-0.1, -0.05) is 31.3 Å². The predicted molar refractivity (Wildman–Crippen MR) is 100 cm³/mol. The smallest absolute Gasteiger partial charge is 0.250 e. The molecular formula is C18H23N3O3S. The number of nitrogens with one attached hydrogen (secondary N) is 1. The molecule has 0 aliphatic rings. The molecule has 0 spiro atoms. The van der Waals surface area contributed by atoms with Gasteiger partial charge >= 0.3 is 0 Å².